The molecule has 0 saturated carbocycles. The van der Waals surface area contributed by atoms with Gasteiger partial charge in [-0.2, -0.15) is 0 Å². The Morgan fingerprint density at radius 3 is 2.72 bits per heavy atom. The highest BCUT2D eigenvalue weighted by Crippen LogP contribution is 2.22. The summed E-state index contributed by atoms with van der Waals surface area (Å²) in [6, 6.07) is 4.37. The van der Waals surface area contributed by atoms with E-state index in [9.17, 15) is 14.9 Å². The number of likely N-dealkylation sites (tertiary alicyclic amines) is 1. The number of hydrogen-bond donors (Lipinski definition) is 1. The maximum atomic E-state index is 12.0. The number of benzene rings is 1. The zero-order valence-corrected chi connectivity index (χ0v) is 10.00. The Morgan fingerprint density at radius 1 is 1.50 bits per heavy atom. The molecular formula is C12H14N2O4. The Morgan fingerprint density at radius 2 is 2.17 bits per heavy atom. The van der Waals surface area contributed by atoms with Crippen molar-refractivity contribution >= 4 is 11.6 Å². The van der Waals surface area contributed by atoms with Crippen LogP contribution in [-0.4, -0.2) is 40.5 Å². The number of aliphatic hydroxyl groups is 1. The highest BCUT2D eigenvalue weighted by atomic mass is 16.6. The number of hydrogen-bond acceptors (Lipinski definition) is 4. The van der Waals surface area contributed by atoms with Gasteiger partial charge in [0.2, 0.25) is 0 Å². The number of amides is 1. The summed E-state index contributed by atoms with van der Waals surface area (Å²) in [6.07, 6.45) is 0. The number of non-ortho nitro benzene ring substituents is 1. The Balaban J connectivity index is 2.18. The van der Waals surface area contributed by atoms with Crippen molar-refractivity contribution < 1.29 is 14.8 Å². The number of nitro groups is 1. The van der Waals surface area contributed by atoms with E-state index in [1.807, 2.05) is 0 Å². The van der Waals surface area contributed by atoms with Crippen LogP contribution in [-0.2, 0) is 0 Å². The molecule has 1 N–H and O–H groups in total. The van der Waals surface area contributed by atoms with Crippen molar-refractivity contribution in [2.75, 3.05) is 19.7 Å². The second kappa shape index (κ2) is 4.73. The Labute approximate surface area is 104 Å². The van der Waals surface area contributed by atoms with Gasteiger partial charge in [-0.05, 0) is 18.6 Å². The van der Waals surface area contributed by atoms with Crippen LogP contribution >= 0.6 is 0 Å². The summed E-state index contributed by atoms with van der Waals surface area (Å²) in [5, 5.41) is 19.6. The molecule has 0 aliphatic carbocycles. The average molecular weight is 250 g/mol. The predicted octanol–water partition coefficient (Wildman–Crippen LogP) is 0.968. The van der Waals surface area contributed by atoms with E-state index < -0.39 is 4.92 Å². The van der Waals surface area contributed by atoms with E-state index in [1.54, 1.807) is 17.9 Å². The third-order valence-corrected chi connectivity index (χ3v) is 3.02. The first-order valence-corrected chi connectivity index (χ1v) is 5.67. The maximum absolute atomic E-state index is 12.0. The third-order valence-electron chi connectivity index (χ3n) is 3.02. The smallest absolute Gasteiger partial charge is 0.270 e. The van der Waals surface area contributed by atoms with E-state index in [2.05, 4.69) is 0 Å². The lowest BCUT2D eigenvalue weighted by Gasteiger charge is -2.38. The molecule has 1 heterocycles. The molecule has 1 amide bonds. The summed E-state index contributed by atoms with van der Waals surface area (Å²) in [7, 11) is 0. The summed E-state index contributed by atoms with van der Waals surface area (Å²) < 4.78 is 0. The zero-order valence-electron chi connectivity index (χ0n) is 10.00. The van der Waals surface area contributed by atoms with Gasteiger partial charge < -0.3 is 10.0 Å². The molecular weight excluding hydrogens is 236 g/mol. The SMILES string of the molecule is Cc1cc(C(=O)N2CC(CO)C2)cc([N+](=O)[O-])c1. The first-order valence-electron chi connectivity index (χ1n) is 5.67. The molecule has 0 spiro atoms. The molecule has 6 nitrogen and oxygen atoms in total. The Hall–Kier alpha value is -1.95. The minimum Gasteiger partial charge on any atom is -0.396 e. The van der Waals surface area contributed by atoms with Gasteiger partial charge in [-0.25, -0.2) is 0 Å². The predicted molar refractivity (Wildman–Crippen MR) is 64.3 cm³/mol. The molecule has 1 aromatic rings. The number of carbonyl (C=O) groups is 1. The maximum Gasteiger partial charge on any atom is 0.270 e. The van der Waals surface area contributed by atoms with Crippen LogP contribution in [0.1, 0.15) is 15.9 Å². The van der Waals surface area contributed by atoms with E-state index in [1.165, 1.54) is 12.1 Å². The summed E-state index contributed by atoms with van der Waals surface area (Å²) in [5.41, 5.74) is 0.947. The van der Waals surface area contributed by atoms with E-state index >= 15 is 0 Å². The average Bonchev–Trinajstić information content (AvgIpc) is 2.26. The van der Waals surface area contributed by atoms with Gasteiger partial charge in [-0.1, -0.05) is 0 Å². The van der Waals surface area contributed by atoms with Crippen molar-refractivity contribution in [1.82, 2.24) is 4.90 Å². The van der Waals surface area contributed by atoms with E-state index in [4.69, 9.17) is 5.11 Å². The van der Waals surface area contributed by atoms with E-state index in [-0.39, 0.29) is 24.1 Å². The Kier molecular flexibility index (Phi) is 3.29. The fourth-order valence-corrected chi connectivity index (χ4v) is 2.03. The van der Waals surface area contributed by atoms with Crippen LogP contribution in [0, 0.1) is 23.0 Å². The molecule has 2 rings (SSSR count). The van der Waals surface area contributed by atoms with Gasteiger partial charge in [0, 0.05) is 43.3 Å². The summed E-state index contributed by atoms with van der Waals surface area (Å²) in [6.45, 7) is 2.81. The zero-order chi connectivity index (χ0) is 13.3. The minimum absolute atomic E-state index is 0.0672. The molecule has 1 saturated heterocycles. The second-order valence-electron chi connectivity index (χ2n) is 4.57. The van der Waals surface area contributed by atoms with Crippen LogP contribution in [0.15, 0.2) is 18.2 Å². The van der Waals surface area contributed by atoms with Crippen LogP contribution in [0.25, 0.3) is 0 Å². The number of nitrogens with zero attached hydrogens (tertiary/aromatic N) is 2. The summed E-state index contributed by atoms with van der Waals surface area (Å²) in [4.78, 5) is 23.8. The molecule has 1 fully saturated rings. The molecule has 0 aromatic heterocycles. The number of aliphatic hydroxyl groups excluding tert-OH is 1. The quantitative estimate of drug-likeness (QED) is 0.640. The normalized spacial score (nSPS) is 15.3. The third kappa shape index (κ3) is 2.33. The van der Waals surface area contributed by atoms with Gasteiger partial charge in [-0.3, -0.25) is 14.9 Å². The highest BCUT2D eigenvalue weighted by Gasteiger charge is 2.31. The van der Waals surface area contributed by atoms with E-state index in [0.29, 0.717) is 24.2 Å². The number of rotatable bonds is 3. The largest absolute Gasteiger partial charge is 0.396 e. The lowest BCUT2D eigenvalue weighted by atomic mass is 9.99. The van der Waals surface area contributed by atoms with Gasteiger partial charge in [-0.15, -0.1) is 0 Å². The molecule has 18 heavy (non-hydrogen) atoms. The monoisotopic (exact) mass is 250 g/mol. The molecule has 0 bridgehead atoms. The fraction of sp³-hybridized carbons (Fsp3) is 0.417. The van der Waals surface area contributed by atoms with Crippen molar-refractivity contribution in [3.8, 4) is 0 Å². The van der Waals surface area contributed by atoms with E-state index in [0.717, 1.165) is 0 Å². The molecule has 96 valence electrons. The van der Waals surface area contributed by atoms with Crippen molar-refractivity contribution in [1.29, 1.82) is 0 Å². The van der Waals surface area contributed by atoms with Gasteiger partial charge in [0.15, 0.2) is 0 Å². The van der Waals surface area contributed by atoms with Crippen LogP contribution in [0.5, 0.6) is 0 Å². The lowest BCUT2D eigenvalue weighted by molar-refractivity contribution is -0.384. The fourth-order valence-electron chi connectivity index (χ4n) is 2.03. The topological polar surface area (TPSA) is 83.7 Å². The number of nitro benzene ring substituents is 1. The Bertz CT molecular complexity index is 495. The first-order chi connectivity index (χ1) is 8.51. The lowest BCUT2D eigenvalue weighted by Crippen LogP contribution is -2.51. The van der Waals surface area contributed by atoms with Crippen molar-refractivity contribution in [3.05, 3.63) is 39.4 Å². The molecule has 0 atom stereocenters. The van der Waals surface area contributed by atoms with Crippen molar-refractivity contribution in [2.45, 2.75) is 6.92 Å². The van der Waals surface area contributed by atoms with Crippen LogP contribution in [0.2, 0.25) is 0 Å². The number of carbonyl (C=O) groups excluding carboxylic acids is 1. The van der Waals surface area contributed by atoms with Gasteiger partial charge in [0.1, 0.15) is 0 Å². The molecule has 6 heteroatoms. The summed E-state index contributed by atoms with van der Waals surface area (Å²) >= 11 is 0. The highest BCUT2D eigenvalue weighted by molar-refractivity contribution is 5.95. The molecule has 1 aliphatic rings. The van der Waals surface area contributed by atoms with Crippen LogP contribution in [0.3, 0.4) is 0 Å². The molecule has 0 radical (unpaired) electrons. The van der Waals surface area contributed by atoms with Gasteiger partial charge in [0.25, 0.3) is 11.6 Å². The molecule has 1 aromatic carbocycles. The summed E-state index contributed by atoms with van der Waals surface area (Å²) in [5.74, 6) is -0.0831. The molecule has 1 aliphatic heterocycles. The van der Waals surface area contributed by atoms with Crippen molar-refractivity contribution in [2.24, 2.45) is 5.92 Å². The first kappa shape index (κ1) is 12.5. The standard InChI is InChI=1S/C12H14N2O4/c1-8-2-10(4-11(3-8)14(17)18)12(16)13-5-9(6-13)7-15/h2-4,9,15H,5-7H2,1H3. The van der Waals surface area contributed by atoms with Crippen LogP contribution in [0.4, 0.5) is 5.69 Å². The van der Waals surface area contributed by atoms with Gasteiger partial charge >= 0.3 is 0 Å². The second-order valence-corrected chi connectivity index (χ2v) is 4.57. The molecule has 0 unspecified atom stereocenters. The van der Waals surface area contributed by atoms with Crippen molar-refractivity contribution in [3.63, 3.8) is 0 Å². The van der Waals surface area contributed by atoms with Crippen LogP contribution < -0.4 is 0 Å². The number of aryl methyl sites for hydroxylation is 1. The van der Waals surface area contributed by atoms with Gasteiger partial charge in [0.05, 0.1) is 4.92 Å². The minimum atomic E-state index is -0.504.